The first-order valence-corrected chi connectivity index (χ1v) is 5.99. The van der Waals surface area contributed by atoms with E-state index in [0.717, 1.165) is 5.92 Å². The predicted molar refractivity (Wildman–Crippen MR) is 68.0 cm³/mol. The zero-order chi connectivity index (χ0) is 11.5. The Morgan fingerprint density at radius 2 is 1.93 bits per heavy atom. The summed E-state index contributed by atoms with van der Waals surface area (Å²) in [5.74, 6) is 0.766. The van der Waals surface area contributed by atoms with Gasteiger partial charge in [-0.05, 0) is 52.7 Å². The molecule has 0 saturated carbocycles. The van der Waals surface area contributed by atoms with Crippen molar-refractivity contribution in [3.63, 3.8) is 0 Å². The lowest BCUT2D eigenvalue weighted by molar-refractivity contribution is 0.157. The predicted octanol–water partition coefficient (Wildman–Crippen LogP) is 3.49. The van der Waals surface area contributed by atoms with Crippen LogP contribution in [0.2, 0.25) is 0 Å². The van der Waals surface area contributed by atoms with Gasteiger partial charge in [-0.15, -0.1) is 0 Å². The Hall–Kier alpha value is -0.560. The summed E-state index contributed by atoms with van der Waals surface area (Å²) in [6.45, 7) is 13.2. The van der Waals surface area contributed by atoms with Gasteiger partial charge < -0.3 is 4.90 Å². The molecule has 1 atom stereocenters. The molecule has 1 aliphatic heterocycles. The van der Waals surface area contributed by atoms with Gasteiger partial charge in [-0.2, -0.15) is 0 Å². The Balaban J connectivity index is 2.77. The fraction of sp³-hybridized carbons (Fsp3) is 0.714. The summed E-state index contributed by atoms with van der Waals surface area (Å²) in [6.07, 6.45) is 7.10. The van der Waals surface area contributed by atoms with Gasteiger partial charge in [0, 0.05) is 5.41 Å². The van der Waals surface area contributed by atoms with E-state index in [2.05, 4.69) is 51.4 Å². The molecule has 0 aromatic heterocycles. The van der Waals surface area contributed by atoms with Crippen molar-refractivity contribution >= 4 is 0 Å². The average molecular weight is 207 g/mol. The Kier molecular flexibility index (Phi) is 4.15. The first-order valence-electron chi connectivity index (χ1n) is 5.99. The summed E-state index contributed by atoms with van der Waals surface area (Å²) in [5.41, 5.74) is 1.51. The highest BCUT2D eigenvalue weighted by molar-refractivity contribution is 5.18. The number of piperidine rings is 1. The van der Waals surface area contributed by atoms with Gasteiger partial charge >= 0.3 is 0 Å². The van der Waals surface area contributed by atoms with Crippen LogP contribution in [0.5, 0.6) is 0 Å². The van der Waals surface area contributed by atoms with Crippen LogP contribution >= 0.6 is 0 Å². The van der Waals surface area contributed by atoms with E-state index in [1.165, 1.54) is 31.5 Å². The molecule has 0 aliphatic carbocycles. The van der Waals surface area contributed by atoms with Crippen molar-refractivity contribution in [2.24, 2.45) is 11.3 Å². The second kappa shape index (κ2) is 4.98. The largest absolute Gasteiger partial charge is 0.306 e. The molecule has 1 fully saturated rings. The van der Waals surface area contributed by atoms with E-state index in [1.54, 1.807) is 0 Å². The van der Waals surface area contributed by atoms with Crippen LogP contribution in [0.15, 0.2) is 24.3 Å². The molecule has 0 spiro atoms. The van der Waals surface area contributed by atoms with Crippen LogP contribution in [-0.2, 0) is 0 Å². The summed E-state index contributed by atoms with van der Waals surface area (Å²) in [5, 5.41) is 0. The molecular formula is C14H25N. The van der Waals surface area contributed by atoms with Crippen molar-refractivity contribution in [3.05, 3.63) is 24.3 Å². The van der Waals surface area contributed by atoms with Crippen molar-refractivity contribution in [2.45, 2.75) is 33.6 Å². The van der Waals surface area contributed by atoms with Crippen molar-refractivity contribution in [2.75, 3.05) is 20.1 Å². The maximum absolute atomic E-state index is 4.18. The molecule has 1 heterocycles. The van der Waals surface area contributed by atoms with Crippen molar-refractivity contribution in [3.8, 4) is 0 Å². The fourth-order valence-corrected chi connectivity index (χ4v) is 2.58. The Bertz CT molecular complexity index is 246. The first kappa shape index (κ1) is 12.5. The maximum atomic E-state index is 4.18. The molecule has 1 aliphatic rings. The van der Waals surface area contributed by atoms with Gasteiger partial charge in [0.15, 0.2) is 0 Å². The molecule has 1 nitrogen and oxygen atoms in total. The van der Waals surface area contributed by atoms with E-state index in [1.807, 2.05) is 0 Å². The molecule has 0 N–H and O–H groups in total. The van der Waals surface area contributed by atoms with Gasteiger partial charge in [0.05, 0.1) is 0 Å². The van der Waals surface area contributed by atoms with E-state index in [9.17, 15) is 0 Å². The SMILES string of the molecule is C=C(C)C(C)(/C=C/C)C1CCN(C)CC1. The summed E-state index contributed by atoms with van der Waals surface area (Å²) in [7, 11) is 2.21. The van der Waals surface area contributed by atoms with Crippen LogP contribution in [0.1, 0.15) is 33.6 Å². The number of hydrogen-bond donors (Lipinski definition) is 0. The van der Waals surface area contributed by atoms with Crippen LogP contribution in [0, 0.1) is 11.3 Å². The summed E-state index contributed by atoms with van der Waals surface area (Å²) in [6, 6.07) is 0. The highest BCUT2D eigenvalue weighted by Gasteiger charge is 2.34. The molecular weight excluding hydrogens is 182 g/mol. The third kappa shape index (κ3) is 2.72. The lowest BCUT2D eigenvalue weighted by Gasteiger charge is -2.41. The smallest absolute Gasteiger partial charge is 0.00860 e. The minimum absolute atomic E-state index is 0.204. The third-order valence-corrected chi connectivity index (χ3v) is 4.00. The number of allylic oxidation sites excluding steroid dienone is 3. The molecule has 0 aromatic carbocycles. The van der Waals surface area contributed by atoms with Gasteiger partial charge in [0.25, 0.3) is 0 Å². The molecule has 1 saturated heterocycles. The van der Waals surface area contributed by atoms with Crippen LogP contribution < -0.4 is 0 Å². The van der Waals surface area contributed by atoms with Gasteiger partial charge in [0.2, 0.25) is 0 Å². The molecule has 0 radical (unpaired) electrons. The minimum Gasteiger partial charge on any atom is -0.306 e. The first-order chi connectivity index (χ1) is 7.00. The van der Waals surface area contributed by atoms with Gasteiger partial charge in [-0.1, -0.05) is 31.2 Å². The fourth-order valence-electron chi connectivity index (χ4n) is 2.58. The minimum atomic E-state index is 0.204. The second-order valence-electron chi connectivity index (χ2n) is 5.14. The van der Waals surface area contributed by atoms with Gasteiger partial charge in [-0.25, -0.2) is 0 Å². The Labute approximate surface area is 94.9 Å². The maximum Gasteiger partial charge on any atom is 0.00860 e. The molecule has 0 amide bonds. The van der Waals surface area contributed by atoms with Crippen LogP contribution in [0.4, 0.5) is 0 Å². The molecule has 0 bridgehead atoms. The zero-order valence-electron chi connectivity index (χ0n) is 10.7. The van der Waals surface area contributed by atoms with Crippen LogP contribution in [0.25, 0.3) is 0 Å². The lowest BCUT2D eigenvalue weighted by Crippen LogP contribution is -2.37. The van der Waals surface area contributed by atoms with E-state index in [4.69, 9.17) is 0 Å². The molecule has 86 valence electrons. The zero-order valence-corrected chi connectivity index (χ0v) is 10.7. The third-order valence-electron chi connectivity index (χ3n) is 4.00. The standard InChI is InChI=1S/C14H25N/c1-6-9-14(4,12(2)3)13-7-10-15(5)11-8-13/h6,9,13H,2,7-8,10-11H2,1,3-5H3/b9-6+. The average Bonchev–Trinajstić information content (AvgIpc) is 2.18. The number of likely N-dealkylation sites (tertiary alicyclic amines) is 1. The van der Waals surface area contributed by atoms with E-state index in [0.29, 0.717) is 0 Å². The Morgan fingerprint density at radius 1 is 1.40 bits per heavy atom. The second-order valence-corrected chi connectivity index (χ2v) is 5.14. The van der Waals surface area contributed by atoms with E-state index >= 15 is 0 Å². The topological polar surface area (TPSA) is 3.24 Å². The number of nitrogens with zero attached hydrogens (tertiary/aromatic N) is 1. The van der Waals surface area contributed by atoms with Crippen molar-refractivity contribution in [1.82, 2.24) is 4.90 Å². The van der Waals surface area contributed by atoms with Crippen molar-refractivity contribution in [1.29, 1.82) is 0 Å². The monoisotopic (exact) mass is 207 g/mol. The normalized spacial score (nSPS) is 24.3. The molecule has 1 rings (SSSR count). The van der Waals surface area contributed by atoms with Crippen LogP contribution in [-0.4, -0.2) is 25.0 Å². The van der Waals surface area contributed by atoms with Gasteiger partial charge in [-0.3, -0.25) is 0 Å². The lowest BCUT2D eigenvalue weighted by atomic mass is 9.68. The highest BCUT2D eigenvalue weighted by atomic mass is 15.1. The number of rotatable bonds is 3. The molecule has 0 aromatic rings. The summed E-state index contributed by atoms with van der Waals surface area (Å²) < 4.78 is 0. The van der Waals surface area contributed by atoms with Gasteiger partial charge in [0.1, 0.15) is 0 Å². The summed E-state index contributed by atoms with van der Waals surface area (Å²) in [4.78, 5) is 2.42. The van der Waals surface area contributed by atoms with Crippen LogP contribution in [0.3, 0.4) is 0 Å². The number of hydrogen-bond acceptors (Lipinski definition) is 1. The quantitative estimate of drug-likeness (QED) is 0.640. The molecule has 1 heteroatoms. The Morgan fingerprint density at radius 3 is 2.33 bits per heavy atom. The summed E-state index contributed by atoms with van der Waals surface area (Å²) >= 11 is 0. The van der Waals surface area contributed by atoms with E-state index < -0.39 is 0 Å². The molecule has 15 heavy (non-hydrogen) atoms. The van der Waals surface area contributed by atoms with E-state index in [-0.39, 0.29) is 5.41 Å². The molecule has 1 unspecified atom stereocenters. The highest BCUT2D eigenvalue weighted by Crippen LogP contribution is 2.41. The van der Waals surface area contributed by atoms with Crippen molar-refractivity contribution < 1.29 is 0 Å².